The van der Waals surface area contributed by atoms with E-state index in [9.17, 15) is 18.4 Å². The largest absolute Gasteiger partial charge is 0.352 e. The van der Waals surface area contributed by atoms with Crippen molar-refractivity contribution in [3.8, 4) is 0 Å². The van der Waals surface area contributed by atoms with Gasteiger partial charge in [-0.3, -0.25) is 14.9 Å². The van der Waals surface area contributed by atoms with Gasteiger partial charge in [-0.2, -0.15) is 0 Å². The number of rotatable bonds is 5. The average molecular weight is 311 g/mol. The lowest BCUT2D eigenvalue weighted by Crippen LogP contribution is -2.40. The Bertz CT molecular complexity index is 546. The van der Waals surface area contributed by atoms with Crippen molar-refractivity contribution in [2.75, 3.05) is 13.1 Å². The Morgan fingerprint density at radius 1 is 1.27 bits per heavy atom. The molecule has 1 atom stereocenters. The van der Waals surface area contributed by atoms with Gasteiger partial charge >= 0.3 is 0 Å². The lowest BCUT2D eigenvalue weighted by atomic mass is 10.1. The summed E-state index contributed by atoms with van der Waals surface area (Å²) in [5.41, 5.74) is 1.33. The Kier molecular flexibility index (Phi) is 5.07. The first-order valence-corrected chi connectivity index (χ1v) is 7.17. The summed E-state index contributed by atoms with van der Waals surface area (Å²) < 4.78 is 26.0. The molecule has 1 aliphatic heterocycles. The van der Waals surface area contributed by atoms with E-state index in [1.54, 1.807) is 24.3 Å². The van der Waals surface area contributed by atoms with Crippen LogP contribution in [-0.4, -0.2) is 36.9 Å². The normalized spacial score (nSPS) is 19.7. The molecule has 1 aromatic rings. The maximum Gasteiger partial charge on any atom is 0.262 e. The van der Waals surface area contributed by atoms with E-state index in [2.05, 4.69) is 16.0 Å². The zero-order valence-electron chi connectivity index (χ0n) is 12.3. The summed E-state index contributed by atoms with van der Waals surface area (Å²) >= 11 is 0. The fourth-order valence-electron chi connectivity index (χ4n) is 2.25. The number of nitrogens with one attached hydrogen (secondary N) is 3. The molecule has 1 saturated heterocycles. The van der Waals surface area contributed by atoms with Crippen molar-refractivity contribution in [1.29, 1.82) is 0 Å². The molecule has 5 nitrogen and oxygen atoms in total. The topological polar surface area (TPSA) is 70.2 Å². The van der Waals surface area contributed by atoms with Crippen molar-refractivity contribution < 1.29 is 18.4 Å². The molecule has 1 aliphatic rings. The van der Waals surface area contributed by atoms with E-state index >= 15 is 0 Å². The average Bonchev–Trinajstić information content (AvgIpc) is 2.86. The minimum absolute atomic E-state index is 0.157. The van der Waals surface area contributed by atoms with Gasteiger partial charge in [-0.25, -0.2) is 8.78 Å². The number of carbonyl (C=O) groups excluding carboxylic acids is 2. The molecule has 7 heteroatoms. The first-order chi connectivity index (χ1) is 10.4. The Morgan fingerprint density at radius 3 is 2.50 bits per heavy atom. The molecule has 120 valence electrons. The summed E-state index contributed by atoms with van der Waals surface area (Å²) in [7, 11) is 0. The SMILES string of the molecule is CCNC(=O)c1ccc(CNC(=O)C2CC(F)(F)CN2)cc1. The molecule has 1 fully saturated rings. The highest BCUT2D eigenvalue weighted by Gasteiger charge is 2.42. The molecule has 1 unspecified atom stereocenters. The van der Waals surface area contributed by atoms with Crippen LogP contribution in [0.3, 0.4) is 0 Å². The van der Waals surface area contributed by atoms with Gasteiger partial charge in [0.2, 0.25) is 5.91 Å². The van der Waals surface area contributed by atoms with Gasteiger partial charge in [0.25, 0.3) is 11.8 Å². The summed E-state index contributed by atoms with van der Waals surface area (Å²) in [6.45, 7) is 2.16. The molecule has 0 bridgehead atoms. The highest BCUT2D eigenvalue weighted by molar-refractivity contribution is 5.94. The molecule has 0 aliphatic carbocycles. The summed E-state index contributed by atoms with van der Waals surface area (Å²) in [5, 5.41) is 7.81. The standard InChI is InChI=1S/C15H19F2N3O2/c1-2-18-13(21)11-5-3-10(4-6-11)8-19-14(22)12-7-15(16,17)9-20-12/h3-6,12,20H,2,7-9H2,1H3,(H,18,21)(H,19,22). The van der Waals surface area contributed by atoms with Crippen LogP contribution in [0.2, 0.25) is 0 Å². The van der Waals surface area contributed by atoms with Gasteiger partial charge in [0.15, 0.2) is 0 Å². The number of carbonyl (C=O) groups is 2. The maximum atomic E-state index is 13.0. The van der Waals surface area contributed by atoms with Crippen molar-refractivity contribution in [2.24, 2.45) is 0 Å². The second-order valence-corrected chi connectivity index (χ2v) is 5.27. The van der Waals surface area contributed by atoms with E-state index < -0.39 is 30.8 Å². The predicted octanol–water partition coefficient (Wildman–Crippen LogP) is 1.05. The third-order valence-corrected chi connectivity index (χ3v) is 3.45. The first-order valence-electron chi connectivity index (χ1n) is 7.17. The molecule has 0 spiro atoms. The number of halogens is 2. The van der Waals surface area contributed by atoms with Gasteiger partial charge < -0.3 is 10.6 Å². The fourth-order valence-corrected chi connectivity index (χ4v) is 2.25. The van der Waals surface area contributed by atoms with Crippen molar-refractivity contribution in [3.63, 3.8) is 0 Å². The summed E-state index contributed by atoms with van der Waals surface area (Å²) in [5.74, 6) is -3.42. The van der Waals surface area contributed by atoms with Gasteiger partial charge in [0.05, 0.1) is 12.6 Å². The molecule has 3 N–H and O–H groups in total. The smallest absolute Gasteiger partial charge is 0.262 e. The van der Waals surface area contributed by atoms with Crippen LogP contribution >= 0.6 is 0 Å². The van der Waals surface area contributed by atoms with Crippen molar-refractivity contribution in [2.45, 2.75) is 31.9 Å². The minimum atomic E-state index is -2.82. The van der Waals surface area contributed by atoms with Crippen LogP contribution in [0, 0.1) is 0 Å². The number of alkyl halides is 2. The fraction of sp³-hybridized carbons (Fsp3) is 0.467. The van der Waals surface area contributed by atoms with E-state index in [1.165, 1.54) is 0 Å². The van der Waals surface area contributed by atoms with Gasteiger partial charge in [-0.05, 0) is 24.6 Å². The van der Waals surface area contributed by atoms with Crippen LogP contribution in [0.5, 0.6) is 0 Å². The van der Waals surface area contributed by atoms with Crippen LogP contribution in [0.15, 0.2) is 24.3 Å². The van der Waals surface area contributed by atoms with Crippen molar-refractivity contribution in [1.82, 2.24) is 16.0 Å². The zero-order chi connectivity index (χ0) is 16.2. The Balaban J connectivity index is 1.84. The second kappa shape index (κ2) is 6.83. The number of benzene rings is 1. The molecular weight excluding hydrogens is 292 g/mol. The predicted molar refractivity (Wildman–Crippen MR) is 77.7 cm³/mol. The summed E-state index contributed by atoms with van der Waals surface area (Å²) in [4.78, 5) is 23.4. The lowest BCUT2D eigenvalue weighted by Gasteiger charge is -2.11. The zero-order valence-corrected chi connectivity index (χ0v) is 12.3. The van der Waals surface area contributed by atoms with E-state index in [-0.39, 0.29) is 12.5 Å². The van der Waals surface area contributed by atoms with Crippen LogP contribution in [0.25, 0.3) is 0 Å². The third kappa shape index (κ3) is 4.24. The quantitative estimate of drug-likeness (QED) is 0.761. The van der Waals surface area contributed by atoms with Crippen LogP contribution < -0.4 is 16.0 Å². The Labute approximate surface area is 127 Å². The van der Waals surface area contributed by atoms with Gasteiger partial charge in [-0.15, -0.1) is 0 Å². The molecular formula is C15H19F2N3O2. The summed E-state index contributed by atoms with van der Waals surface area (Å²) in [6, 6.07) is 5.91. The van der Waals surface area contributed by atoms with Crippen molar-refractivity contribution >= 4 is 11.8 Å². The number of hydrogen-bond donors (Lipinski definition) is 3. The van der Waals surface area contributed by atoms with Crippen molar-refractivity contribution in [3.05, 3.63) is 35.4 Å². The number of amides is 2. The molecule has 0 saturated carbocycles. The molecule has 0 radical (unpaired) electrons. The molecule has 22 heavy (non-hydrogen) atoms. The monoisotopic (exact) mass is 311 g/mol. The van der Waals surface area contributed by atoms with Gasteiger partial charge in [-0.1, -0.05) is 12.1 Å². The highest BCUT2D eigenvalue weighted by Crippen LogP contribution is 2.25. The Morgan fingerprint density at radius 2 is 1.95 bits per heavy atom. The molecule has 1 aromatic carbocycles. The lowest BCUT2D eigenvalue weighted by molar-refractivity contribution is -0.123. The molecule has 2 rings (SSSR count). The number of hydrogen-bond acceptors (Lipinski definition) is 3. The van der Waals surface area contributed by atoms with Gasteiger partial charge in [0, 0.05) is 25.1 Å². The molecule has 0 aromatic heterocycles. The summed E-state index contributed by atoms with van der Waals surface area (Å²) in [6.07, 6.45) is -0.477. The van der Waals surface area contributed by atoms with E-state index in [0.717, 1.165) is 5.56 Å². The van der Waals surface area contributed by atoms with Gasteiger partial charge in [0.1, 0.15) is 0 Å². The Hall–Kier alpha value is -2.02. The second-order valence-electron chi connectivity index (χ2n) is 5.27. The first kappa shape index (κ1) is 16.4. The van der Waals surface area contributed by atoms with E-state index in [1.807, 2.05) is 6.92 Å². The molecule has 2 amide bonds. The minimum Gasteiger partial charge on any atom is -0.352 e. The molecule has 1 heterocycles. The van der Waals surface area contributed by atoms with Crippen LogP contribution in [0.1, 0.15) is 29.3 Å². The van der Waals surface area contributed by atoms with Crippen LogP contribution in [-0.2, 0) is 11.3 Å². The van der Waals surface area contributed by atoms with E-state index in [4.69, 9.17) is 0 Å². The highest BCUT2D eigenvalue weighted by atomic mass is 19.3. The maximum absolute atomic E-state index is 13.0. The van der Waals surface area contributed by atoms with Crippen LogP contribution in [0.4, 0.5) is 8.78 Å². The van der Waals surface area contributed by atoms with E-state index in [0.29, 0.717) is 12.1 Å². The third-order valence-electron chi connectivity index (χ3n) is 3.45.